The lowest BCUT2D eigenvalue weighted by molar-refractivity contribution is -0.384. The number of amides is 1. The predicted octanol–water partition coefficient (Wildman–Crippen LogP) is 0.736. The van der Waals surface area contributed by atoms with Crippen LogP contribution in [-0.4, -0.2) is 38.2 Å². The summed E-state index contributed by atoms with van der Waals surface area (Å²) in [6.07, 6.45) is -1.76. The quantitative estimate of drug-likeness (QED) is 0.309. The van der Waals surface area contributed by atoms with Crippen LogP contribution in [0.1, 0.15) is 5.56 Å². The van der Waals surface area contributed by atoms with Gasteiger partial charge in [0.25, 0.3) is 11.6 Å². The maximum atomic E-state index is 11.3. The van der Waals surface area contributed by atoms with Gasteiger partial charge in [-0.05, 0) is 12.0 Å². The van der Waals surface area contributed by atoms with Gasteiger partial charge in [-0.1, -0.05) is 35.3 Å². The number of carbonyl (C=O) groups is 1. The molecule has 0 saturated carbocycles. The van der Waals surface area contributed by atoms with Crippen LogP contribution in [0.15, 0.2) is 24.3 Å². The van der Waals surface area contributed by atoms with Crippen molar-refractivity contribution >= 4 is 34.8 Å². The average molecular weight is 323 g/mol. The highest BCUT2D eigenvalue weighted by atomic mass is 35.5. The highest BCUT2D eigenvalue weighted by Crippen LogP contribution is 2.14. The van der Waals surface area contributed by atoms with Crippen LogP contribution in [0.25, 0.3) is 0 Å². The van der Waals surface area contributed by atoms with Crippen molar-refractivity contribution in [3.63, 3.8) is 0 Å². The molecule has 0 aromatic heterocycles. The summed E-state index contributed by atoms with van der Waals surface area (Å²) in [6.45, 7) is 0. The van der Waals surface area contributed by atoms with E-state index in [1.165, 1.54) is 24.3 Å². The highest BCUT2D eigenvalue weighted by molar-refractivity contribution is 6.53. The molecule has 7 nitrogen and oxygen atoms in total. The van der Waals surface area contributed by atoms with E-state index in [0.717, 1.165) is 0 Å². The number of aliphatic hydroxyl groups excluding tert-OH is 1. The normalized spacial score (nSPS) is 12.5. The Hall–Kier alpha value is -1.41. The van der Waals surface area contributed by atoms with Gasteiger partial charge in [-0.15, -0.1) is 0 Å². The summed E-state index contributed by atoms with van der Waals surface area (Å²) in [5, 5.41) is 31.2. The molecule has 0 aliphatic heterocycles. The van der Waals surface area contributed by atoms with E-state index in [9.17, 15) is 25.1 Å². The van der Waals surface area contributed by atoms with Gasteiger partial charge >= 0.3 is 0 Å². The Morgan fingerprint density at radius 3 is 2.25 bits per heavy atom. The van der Waals surface area contributed by atoms with Crippen LogP contribution in [0.5, 0.6) is 0 Å². The summed E-state index contributed by atoms with van der Waals surface area (Å²) >= 11 is 10.7. The lowest BCUT2D eigenvalue weighted by atomic mass is 10.1. The lowest BCUT2D eigenvalue weighted by Crippen LogP contribution is -2.46. The van der Waals surface area contributed by atoms with Crippen molar-refractivity contribution in [2.45, 2.75) is 23.6 Å². The first kappa shape index (κ1) is 16.6. The average Bonchev–Trinajstić information content (AvgIpc) is 2.38. The van der Waals surface area contributed by atoms with Gasteiger partial charge in [0.1, 0.15) is 0 Å². The number of nitrogens with one attached hydrogen (secondary N) is 1. The Kier molecular flexibility index (Phi) is 6.15. The predicted molar refractivity (Wildman–Crippen MR) is 72.5 cm³/mol. The van der Waals surface area contributed by atoms with Crippen LogP contribution in [0.4, 0.5) is 5.69 Å². The minimum Gasteiger partial charge on any atom is -0.366 e. The standard InChI is InChI=1S/C11H12Cl2N2O5/c12-9(13)10(16)14-8(11(17)18)5-6-1-3-7(4-2-6)15(19)20/h1-4,8-9,11,17-18H,5H2,(H,14,16). The minimum atomic E-state index is -1.82. The largest absolute Gasteiger partial charge is 0.366 e. The number of halogens is 2. The molecule has 110 valence electrons. The molecule has 20 heavy (non-hydrogen) atoms. The van der Waals surface area contributed by atoms with Gasteiger partial charge < -0.3 is 15.5 Å². The summed E-state index contributed by atoms with van der Waals surface area (Å²) in [6, 6.07) is 4.45. The fraction of sp³-hybridized carbons (Fsp3) is 0.364. The molecule has 0 spiro atoms. The monoisotopic (exact) mass is 322 g/mol. The molecule has 0 saturated heterocycles. The summed E-state index contributed by atoms with van der Waals surface area (Å²) in [5.74, 6) is -0.756. The zero-order valence-electron chi connectivity index (χ0n) is 10.1. The van der Waals surface area contributed by atoms with Crippen LogP contribution in [0.3, 0.4) is 0 Å². The van der Waals surface area contributed by atoms with Crippen molar-refractivity contribution in [2.75, 3.05) is 0 Å². The Morgan fingerprint density at radius 1 is 1.30 bits per heavy atom. The Labute approximate surface area is 124 Å². The molecule has 0 aliphatic rings. The second-order valence-corrected chi connectivity index (χ2v) is 5.05. The van der Waals surface area contributed by atoms with E-state index < -0.39 is 28.0 Å². The van der Waals surface area contributed by atoms with Crippen molar-refractivity contribution in [1.82, 2.24) is 5.32 Å². The van der Waals surface area contributed by atoms with Gasteiger partial charge in [-0.25, -0.2) is 0 Å². The first-order chi connectivity index (χ1) is 9.31. The zero-order valence-corrected chi connectivity index (χ0v) is 11.6. The molecule has 0 heterocycles. The maximum absolute atomic E-state index is 11.3. The number of aliphatic hydroxyl groups is 2. The summed E-state index contributed by atoms with van der Waals surface area (Å²) in [5.41, 5.74) is 0.496. The van der Waals surface area contributed by atoms with Crippen LogP contribution in [-0.2, 0) is 11.2 Å². The summed E-state index contributed by atoms with van der Waals surface area (Å²) in [7, 11) is 0. The van der Waals surface area contributed by atoms with Crippen LogP contribution < -0.4 is 5.32 Å². The molecular formula is C11H12Cl2N2O5. The van der Waals surface area contributed by atoms with Crippen molar-refractivity contribution in [1.29, 1.82) is 0 Å². The lowest BCUT2D eigenvalue weighted by Gasteiger charge is -2.20. The third-order valence-electron chi connectivity index (χ3n) is 2.49. The Balaban J connectivity index is 2.75. The van der Waals surface area contributed by atoms with Crippen molar-refractivity contribution in [2.24, 2.45) is 0 Å². The zero-order chi connectivity index (χ0) is 15.3. The summed E-state index contributed by atoms with van der Waals surface area (Å²) in [4.78, 5) is 19.9. The molecule has 1 rings (SSSR count). The van der Waals surface area contributed by atoms with Crippen molar-refractivity contribution in [3.05, 3.63) is 39.9 Å². The molecule has 1 unspecified atom stereocenters. The molecule has 1 aromatic carbocycles. The van der Waals surface area contributed by atoms with E-state index >= 15 is 0 Å². The third kappa shape index (κ3) is 4.93. The fourth-order valence-corrected chi connectivity index (χ4v) is 1.61. The number of non-ortho nitro benzene ring substituents is 1. The SMILES string of the molecule is O=C(NC(Cc1ccc([N+](=O)[O-])cc1)C(O)O)C(Cl)Cl. The molecule has 1 amide bonds. The minimum absolute atomic E-state index is 0.0574. The van der Waals surface area contributed by atoms with Crippen LogP contribution in [0, 0.1) is 10.1 Å². The van der Waals surface area contributed by atoms with E-state index in [1.807, 2.05) is 0 Å². The number of nitrogens with zero attached hydrogens (tertiary/aromatic N) is 1. The molecule has 1 atom stereocenters. The first-order valence-corrected chi connectivity index (χ1v) is 6.36. The van der Waals surface area contributed by atoms with E-state index in [2.05, 4.69) is 5.32 Å². The number of hydrogen-bond acceptors (Lipinski definition) is 5. The molecule has 0 aliphatic carbocycles. The molecule has 3 N–H and O–H groups in total. The number of benzene rings is 1. The summed E-state index contributed by atoms with van der Waals surface area (Å²) < 4.78 is 0. The first-order valence-electron chi connectivity index (χ1n) is 5.49. The van der Waals surface area contributed by atoms with Crippen molar-refractivity contribution < 1.29 is 19.9 Å². The number of alkyl halides is 2. The van der Waals surface area contributed by atoms with Gasteiger partial charge in [-0.3, -0.25) is 14.9 Å². The van der Waals surface area contributed by atoms with E-state index in [1.54, 1.807) is 0 Å². The van der Waals surface area contributed by atoms with Gasteiger partial charge in [-0.2, -0.15) is 0 Å². The molecule has 0 bridgehead atoms. The smallest absolute Gasteiger partial charge is 0.269 e. The van der Waals surface area contributed by atoms with Gasteiger partial charge in [0, 0.05) is 12.1 Å². The molecular weight excluding hydrogens is 311 g/mol. The molecule has 1 aromatic rings. The van der Waals surface area contributed by atoms with E-state index in [0.29, 0.717) is 5.56 Å². The third-order valence-corrected chi connectivity index (χ3v) is 2.88. The Morgan fingerprint density at radius 2 is 1.85 bits per heavy atom. The second kappa shape index (κ2) is 7.39. The van der Waals surface area contributed by atoms with E-state index in [4.69, 9.17) is 23.2 Å². The maximum Gasteiger partial charge on any atom is 0.269 e. The highest BCUT2D eigenvalue weighted by Gasteiger charge is 2.22. The number of rotatable bonds is 6. The number of hydrogen-bond donors (Lipinski definition) is 3. The van der Waals surface area contributed by atoms with Gasteiger partial charge in [0.05, 0.1) is 11.0 Å². The van der Waals surface area contributed by atoms with Gasteiger partial charge in [0.15, 0.2) is 11.1 Å². The Bertz CT molecular complexity index is 478. The molecule has 9 heteroatoms. The molecule has 0 fully saturated rings. The number of carbonyl (C=O) groups excluding carboxylic acids is 1. The topological polar surface area (TPSA) is 113 Å². The molecule has 0 radical (unpaired) electrons. The number of nitro groups is 1. The van der Waals surface area contributed by atoms with Crippen LogP contribution in [0.2, 0.25) is 0 Å². The van der Waals surface area contributed by atoms with Gasteiger partial charge in [0.2, 0.25) is 0 Å². The number of nitro benzene ring substituents is 1. The fourth-order valence-electron chi connectivity index (χ4n) is 1.48. The van der Waals surface area contributed by atoms with Crippen LogP contribution >= 0.6 is 23.2 Å². The van der Waals surface area contributed by atoms with Crippen molar-refractivity contribution in [3.8, 4) is 0 Å². The van der Waals surface area contributed by atoms with E-state index in [-0.39, 0.29) is 12.1 Å². The second-order valence-electron chi connectivity index (χ2n) is 3.96.